The van der Waals surface area contributed by atoms with Gasteiger partial charge in [0.1, 0.15) is 5.01 Å². The maximum absolute atomic E-state index is 12.2. The molecule has 9 heteroatoms. The van der Waals surface area contributed by atoms with Crippen LogP contribution in [0.15, 0.2) is 17.4 Å². The summed E-state index contributed by atoms with van der Waals surface area (Å²) in [5, 5.41) is 10.1. The number of aromatic amines is 1. The first-order valence-corrected chi connectivity index (χ1v) is 8.47. The zero-order valence-electron chi connectivity index (χ0n) is 11.3. The topological polar surface area (TPSA) is 99.8 Å². The first-order valence-electron chi connectivity index (χ1n) is 6.17. The minimum atomic E-state index is -3.61. The zero-order chi connectivity index (χ0) is 14.6. The van der Waals surface area contributed by atoms with Crippen molar-refractivity contribution in [1.82, 2.24) is 25.2 Å². The lowest BCUT2D eigenvalue weighted by Gasteiger charge is -2.05. The summed E-state index contributed by atoms with van der Waals surface area (Å²) in [6.07, 6.45) is 4.18. The molecule has 20 heavy (non-hydrogen) atoms. The van der Waals surface area contributed by atoms with Crippen molar-refractivity contribution in [1.29, 1.82) is 0 Å². The number of sulfonamides is 1. The number of nitrogens with one attached hydrogen (secondary N) is 3. The van der Waals surface area contributed by atoms with Gasteiger partial charge in [0.15, 0.2) is 5.03 Å². The maximum atomic E-state index is 12.2. The third-order valence-corrected chi connectivity index (χ3v) is 5.23. The van der Waals surface area contributed by atoms with E-state index in [0.717, 1.165) is 16.3 Å². The average Bonchev–Trinajstić information content (AvgIpc) is 3.05. The second kappa shape index (κ2) is 6.44. The van der Waals surface area contributed by atoms with Crippen molar-refractivity contribution >= 4 is 21.4 Å². The quantitative estimate of drug-likeness (QED) is 0.696. The molecule has 0 radical (unpaired) electrons. The minimum absolute atomic E-state index is 0.0964. The standard InChI is InChI=1S/C11H17N5O2S2/c1-3-9-6-13-10(19-9)7-15-20(17,18)11-8(4-12-2)5-14-16-11/h5-6,12,15H,3-4,7H2,1-2H3,(H,14,16). The van der Waals surface area contributed by atoms with Gasteiger partial charge in [-0.2, -0.15) is 5.10 Å². The van der Waals surface area contributed by atoms with Gasteiger partial charge in [-0.3, -0.25) is 5.10 Å². The Balaban J connectivity index is 2.08. The summed E-state index contributed by atoms with van der Waals surface area (Å²) in [4.78, 5) is 5.32. The minimum Gasteiger partial charge on any atom is -0.316 e. The second-order valence-corrected chi connectivity index (χ2v) is 7.06. The van der Waals surface area contributed by atoms with Crippen molar-refractivity contribution in [3.05, 3.63) is 27.8 Å². The van der Waals surface area contributed by atoms with E-state index < -0.39 is 10.0 Å². The first-order chi connectivity index (χ1) is 9.56. The van der Waals surface area contributed by atoms with Gasteiger partial charge >= 0.3 is 0 Å². The molecule has 2 rings (SSSR count). The average molecular weight is 315 g/mol. The van der Waals surface area contributed by atoms with E-state index in [2.05, 4.69) is 25.2 Å². The molecule has 0 amide bonds. The van der Waals surface area contributed by atoms with Crippen LogP contribution in [-0.2, 0) is 29.5 Å². The van der Waals surface area contributed by atoms with Crippen molar-refractivity contribution in [3.8, 4) is 0 Å². The van der Waals surface area contributed by atoms with E-state index in [1.165, 1.54) is 17.5 Å². The van der Waals surface area contributed by atoms with Crippen LogP contribution in [0.2, 0.25) is 0 Å². The molecule has 0 fully saturated rings. The third-order valence-electron chi connectivity index (χ3n) is 2.68. The van der Waals surface area contributed by atoms with Crippen LogP contribution in [0.1, 0.15) is 22.4 Å². The zero-order valence-corrected chi connectivity index (χ0v) is 12.9. The Morgan fingerprint density at radius 3 is 2.80 bits per heavy atom. The molecule has 0 aliphatic heterocycles. The number of hydrogen-bond donors (Lipinski definition) is 3. The summed E-state index contributed by atoms with van der Waals surface area (Å²) < 4.78 is 26.9. The van der Waals surface area contributed by atoms with Gasteiger partial charge in [-0.25, -0.2) is 18.1 Å². The number of H-pyrrole nitrogens is 1. The van der Waals surface area contributed by atoms with Gasteiger partial charge in [-0.1, -0.05) is 6.92 Å². The molecule has 2 aromatic rings. The summed E-state index contributed by atoms with van der Waals surface area (Å²) in [7, 11) is -1.86. The van der Waals surface area contributed by atoms with Crippen LogP contribution >= 0.6 is 11.3 Å². The highest BCUT2D eigenvalue weighted by Crippen LogP contribution is 2.15. The number of rotatable bonds is 7. The Morgan fingerprint density at radius 1 is 1.35 bits per heavy atom. The van der Waals surface area contributed by atoms with E-state index in [4.69, 9.17) is 0 Å². The maximum Gasteiger partial charge on any atom is 0.258 e. The molecule has 0 aliphatic carbocycles. The molecule has 3 N–H and O–H groups in total. The number of nitrogens with zero attached hydrogens (tertiary/aromatic N) is 2. The molecule has 0 saturated heterocycles. The SMILES string of the molecule is CCc1cnc(CNS(=O)(=O)c2[nH]ncc2CNC)s1. The molecule has 0 saturated carbocycles. The number of thiazole rings is 1. The predicted octanol–water partition coefficient (Wildman–Crippen LogP) is 0.626. The molecule has 2 aromatic heterocycles. The summed E-state index contributed by atoms with van der Waals surface area (Å²) in [5.74, 6) is 0. The lowest BCUT2D eigenvalue weighted by atomic mass is 10.4. The van der Waals surface area contributed by atoms with E-state index in [1.54, 1.807) is 13.2 Å². The van der Waals surface area contributed by atoms with Crippen molar-refractivity contribution < 1.29 is 8.42 Å². The summed E-state index contributed by atoms with van der Waals surface area (Å²) in [6, 6.07) is 0. The van der Waals surface area contributed by atoms with Crippen LogP contribution in [0.4, 0.5) is 0 Å². The van der Waals surface area contributed by atoms with Crippen LogP contribution in [0.25, 0.3) is 0 Å². The number of aromatic nitrogens is 3. The molecule has 0 atom stereocenters. The molecule has 7 nitrogen and oxygen atoms in total. The molecule has 0 unspecified atom stereocenters. The van der Waals surface area contributed by atoms with E-state index >= 15 is 0 Å². The van der Waals surface area contributed by atoms with Crippen LogP contribution in [0, 0.1) is 0 Å². The molecule has 0 spiro atoms. The molecule has 110 valence electrons. The Bertz CT molecular complexity index is 662. The molecular formula is C11H17N5O2S2. The summed E-state index contributed by atoms with van der Waals surface area (Å²) in [5.41, 5.74) is 0.605. The molecule has 0 aliphatic rings. The highest BCUT2D eigenvalue weighted by atomic mass is 32.2. The fraction of sp³-hybridized carbons (Fsp3) is 0.455. The van der Waals surface area contributed by atoms with E-state index in [1.807, 2.05) is 6.92 Å². The molecule has 0 bridgehead atoms. The Morgan fingerprint density at radius 2 is 2.15 bits per heavy atom. The highest BCUT2D eigenvalue weighted by Gasteiger charge is 2.20. The van der Waals surface area contributed by atoms with Gasteiger partial charge in [0.2, 0.25) is 0 Å². The second-order valence-electron chi connectivity index (χ2n) is 4.15. The molecule has 2 heterocycles. The van der Waals surface area contributed by atoms with Crippen molar-refractivity contribution in [3.63, 3.8) is 0 Å². The smallest absolute Gasteiger partial charge is 0.258 e. The Labute approximate surface area is 121 Å². The lowest BCUT2D eigenvalue weighted by molar-refractivity contribution is 0.574. The fourth-order valence-electron chi connectivity index (χ4n) is 1.67. The summed E-state index contributed by atoms with van der Waals surface area (Å²) in [6.45, 7) is 2.66. The van der Waals surface area contributed by atoms with Crippen LogP contribution < -0.4 is 10.0 Å². The van der Waals surface area contributed by atoms with Gasteiger partial charge in [-0.05, 0) is 13.5 Å². The van der Waals surface area contributed by atoms with Gasteiger partial charge in [-0.15, -0.1) is 11.3 Å². The van der Waals surface area contributed by atoms with Crippen molar-refractivity contribution in [2.45, 2.75) is 31.5 Å². The van der Waals surface area contributed by atoms with Gasteiger partial charge < -0.3 is 5.32 Å². The summed E-state index contributed by atoms with van der Waals surface area (Å²) >= 11 is 1.51. The monoisotopic (exact) mass is 315 g/mol. The molecular weight excluding hydrogens is 298 g/mol. The number of aryl methyl sites for hydroxylation is 1. The Kier molecular flexibility index (Phi) is 4.86. The van der Waals surface area contributed by atoms with Gasteiger partial charge in [0.25, 0.3) is 10.0 Å². The number of hydrogen-bond acceptors (Lipinski definition) is 6. The van der Waals surface area contributed by atoms with Crippen LogP contribution in [0.5, 0.6) is 0 Å². The highest BCUT2D eigenvalue weighted by molar-refractivity contribution is 7.89. The van der Waals surface area contributed by atoms with Crippen molar-refractivity contribution in [2.75, 3.05) is 7.05 Å². The largest absolute Gasteiger partial charge is 0.316 e. The van der Waals surface area contributed by atoms with E-state index in [-0.39, 0.29) is 11.6 Å². The van der Waals surface area contributed by atoms with E-state index in [0.29, 0.717) is 12.1 Å². The van der Waals surface area contributed by atoms with Gasteiger partial charge in [0, 0.05) is 23.2 Å². The van der Waals surface area contributed by atoms with Crippen LogP contribution in [-0.4, -0.2) is 30.6 Å². The van der Waals surface area contributed by atoms with E-state index in [9.17, 15) is 8.42 Å². The van der Waals surface area contributed by atoms with Gasteiger partial charge in [0.05, 0.1) is 12.7 Å². The van der Waals surface area contributed by atoms with Crippen LogP contribution in [0.3, 0.4) is 0 Å². The fourth-order valence-corrected chi connectivity index (χ4v) is 3.68. The molecule has 0 aromatic carbocycles. The Hall–Kier alpha value is -1.29. The normalized spacial score (nSPS) is 11.9. The lowest BCUT2D eigenvalue weighted by Crippen LogP contribution is -2.25. The predicted molar refractivity (Wildman–Crippen MR) is 76.9 cm³/mol. The first kappa shape index (κ1) is 15.1. The third kappa shape index (κ3) is 3.42. The van der Waals surface area contributed by atoms with Crippen molar-refractivity contribution in [2.24, 2.45) is 0 Å².